The molecule has 1 saturated heterocycles. The molecule has 0 aliphatic carbocycles. The molecule has 1 amide bonds. The van der Waals surface area contributed by atoms with E-state index in [1.165, 1.54) is 0 Å². The molecule has 1 aromatic carbocycles. The first-order valence-corrected chi connectivity index (χ1v) is 9.26. The van der Waals surface area contributed by atoms with Gasteiger partial charge in [0.1, 0.15) is 0 Å². The molecule has 142 valence electrons. The molecule has 2 N–H and O–H groups in total. The van der Waals surface area contributed by atoms with Crippen LogP contribution in [0.1, 0.15) is 32.1 Å². The maximum atomic E-state index is 13.3. The van der Waals surface area contributed by atoms with Gasteiger partial charge < -0.3 is 15.3 Å². The summed E-state index contributed by atoms with van der Waals surface area (Å²) in [5, 5.41) is 13.7. The number of nitrogens with zero attached hydrogens (tertiary/aromatic N) is 2. The first-order chi connectivity index (χ1) is 12.8. The predicted molar refractivity (Wildman–Crippen MR) is 105 cm³/mol. The van der Waals surface area contributed by atoms with Crippen LogP contribution in [0.5, 0.6) is 0 Å². The van der Waals surface area contributed by atoms with E-state index in [0.29, 0.717) is 58.7 Å². The van der Waals surface area contributed by atoms with Crippen molar-refractivity contribution in [2.75, 3.05) is 26.2 Å². The van der Waals surface area contributed by atoms with Gasteiger partial charge in [0.05, 0.1) is 22.5 Å². The number of aryl methyl sites for hydroxylation is 2. The Bertz CT molecular complexity index is 905. The van der Waals surface area contributed by atoms with Crippen molar-refractivity contribution >= 4 is 35.1 Å². The lowest BCUT2D eigenvalue weighted by atomic mass is 9.91. The SMILES string of the molecule is Cc1nc(C)c(C(=O)N2CCNCC2)c(-c2cc(Cl)cc(Cl)c2)c1C(=O)O. The molecule has 1 fully saturated rings. The molecule has 1 aliphatic rings. The van der Waals surface area contributed by atoms with E-state index in [4.69, 9.17) is 23.2 Å². The van der Waals surface area contributed by atoms with Gasteiger partial charge in [0.25, 0.3) is 5.91 Å². The van der Waals surface area contributed by atoms with Crippen LogP contribution < -0.4 is 5.32 Å². The van der Waals surface area contributed by atoms with Gasteiger partial charge in [-0.05, 0) is 37.6 Å². The number of carboxylic acids is 1. The first kappa shape index (κ1) is 19.6. The van der Waals surface area contributed by atoms with Gasteiger partial charge in [-0.3, -0.25) is 9.78 Å². The zero-order valence-electron chi connectivity index (χ0n) is 15.0. The summed E-state index contributed by atoms with van der Waals surface area (Å²) in [5.41, 5.74) is 1.86. The number of nitrogens with one attached hydrogen (secondary N) is 1. The minimum Gasteiger partial charge on any atom is -0.478 e. The third-order valence-electron chi connectivity index (χ3n) is 4.54. The fraction of sp³-hybridized carbons (Fsp3) is 0.316. The number of benzene rings is 1. The van der Waals surface area contributed by atoms with Gasteiger partial charge in [-0.25, -0.2) is 4.79 Å². The van der Waals surface area contributed by atoms with E-state index in [9.17, 15) is 14.7 Å². The Labute approximate surface area is 167 Å². The molecular weight excluding hydrogens is 389 g/mol. The molecule has 0 spiro atoms. The summed E-state index contributed by atoms with van der Waals surface area (Å²) < 4.78 is 0. The third-order valence-corrected chi connectivity index (χ3v) is 4.98. The molecule has 6 nitrogen and oxygen atoms in total. The topological polar surface area (TPSA) is 82.5 Å². The fourth-order valence-corrected chi connectivity index (χ4v) is 3.91. The van der Waals surface area contributed by atoms with Crippen LogP contribution >= 0.6 is 23.2 Å². The number of carbonyl (C=O) groups is 2. The van der Waals surface area contributed by atoms with Crippen molar-refractivity contribution in [3.05, 3.63) is 50.8 Å². The van der Waals surface area contributed by atoms with Gasteiger partial charge in [-0.2, -0.15) is 0 Å². The normalized spacial score (nSPS) is 14.3. The van der Waals surface area contributed by atoms with Crippen molar-refractivity contribution in [1.29, 1.82) is 0 Å². The summed E-state index contributed by atoms with van der Waals surface area (Å²) in [7, 11) is 0. The second-order valence-electron chi connectivity index (χ2n) is 6.41. The number of hydrogen-bond donors (Lipinski definition) is 2. The van der Waals surface area contributed by atoms with E-state index in [0.717, 1.165) is 0 Å². The monoisotopic (exact) mass is 407 g/mol. The van der Waals surface area contributed by atoms with Crippen molar-refractivity contribution in [3.8, 4) is 11.1 Å². The second-order valence-corrected chi connectivity index (χ2v) is 7.29. The van der Waals surface area contributed by atoms with Crippen molar-refractivity contribution in [3.63, 3.8) is 0 Å². The number of aromatic nitrogens is 1. The van der Waals surface area contributed by atoms with Crippen molar-refractivity contribution in [2.24, 2.45) is 0 Å². The van der Waals surface area contributed by atoms with E-state index in [1.54, 1.807) is 36.9 Å². The van der Waals surface area contributed by atoms with Crippen LogP contribution in [-0.4, -0.2) is 53.0 Å². The van der Waals surface area contributed by atoms with Crippen LogP contribution in [0.15, 0.2) is 18.2 Å². The average Bonchev–Trinajstić information content (AvgIpc) is 2.60. The van der Waals surface area contributed by atoms with Gasteiger partial charge in [0.2, 0.25) is 0 Å². The number of carboxylic acid groups (broad SMARTS) is 1. The predicted octanol–water partition coefficient (Wildman–Crippen LogP) is 3.42. The van der Waals surface area contributed by atoms with Crippen LogP contribution in [-0.2, 0) is 0 Å². The largest absolute Gasteiger partial charge is 0.478 e. The van der Waals surface area contributed by atoms with Gasteiger partial charge >= 0.3 is 5.97 Å². The summed E-state index contributed by atoms with van der Waals surface area (Å²) >= 11 is 12.3. The van der Waals surface area contributed by atoms with Crippen LogP contribution in [0.2, 0.25) is 10.0 Å². The molecule has 8 heteroatoms. The minimum atomic E-state index is -1.15. The molecule has 0 atom stereocenters. The van der Waals surface area contributed by atoms with E-state index in [-0.39, 0.29) is 17.0 Å². The Morgan fingerprint density at radius 3 is 2.15 bits per heavy atom. The Kier molecular flexibility index (Phi) is 5.69. The Morgan fingerprint density at radius 1 is 1.04 bits per heavy atom. The highest BCUT2D eigenvalue weighted by molar-refractivity contribution is 6.35. The Morgan fingerprint density at radius 2 is 1.59 bits per heavy atom. The highest BCUT2D eigenvalue weighted by atomic mass is 35.5. The number of piperazine rings is 1. The van der Waals surface area contributed by atoms with Gasteiger partial charge in [0, 0.05) is 41.8 Å². The standard InChI is InChI=1S/C19H19Cl2N3O3/c1-10-15(18(25)24-5-3-22-4-6-24)17(16(19(26)27)11(2)23-10)12-7-13(20)9-14(21)8-12/h7-9,22H,3-6H2,1-2H3,(H,26,27). The van der Waals surface area contributed by atoms with Crippen molar-refractivity contribution in [2.45, 2.75) is 13.8 Å². The second kappa shape index (κ2) is 7.84. The molecule has 1 aromatic heterocycles. The fourth-order valence-electron chi connectivity index (χ4n) is 3.39. The van der Waals surface area contributed by atoms with Crippen LogP contribution in [0.25, 0.3) is 11.1 Å². The molecule has 0 unspecified atom stereocenters. The molecule has 2 heterocycles. The van der Waals surface area contributed by atoms with Crippen LogP contribution in [0, 0.1) is 13.8 Å². The first-order valence-electron chi connectivity index (χ1n) is 8.50. The minimum absolute atomic E-state index is 0.0163. The van der Waals surface area contributed by atoms with Gasteiger partial charge in [0.15, 0.2) is 0 Å². The highest BCUT2D eigenvalue weighted by Gasteiger charge is 2.29. The van der Waals surface area contributed by atoms with Crippen molar-refractivity contribution in [1.82, 2.24) is 15.2 Å². The number of carbonyl (C=O) groups excluding carboxylic acids is 1. The Balaban J connectivity index is 2.30. The summed E-state index contributed by atoms with van der Waals surface area (Å²) in [6.07, 6.45) is 0. The van der Waals surface area contributed by atoms with Crippen LogP contribution in [0.3, 0.4) is 0 Å². The molecular formula is C19H19Cl2N3O3. The summed E-state index contributed by atoms with van der Waals surface area (Å²) in [4.78, 5) is 31.3. The zero-order valence-corrected chi connectivity index (χ0v) is 16.5. The number of pyridine rings is 1. The highest BCUT2D eigenvalue weighted by Crippen LogP contribution is 2.35. The molecule has 3 rings (SSSR count). The van der Waals surface area contributed by atoms with E-state index in [2.05, 4.69) is 10.3 Å². The number of amides is 1. The molecule has 0 radical (unpaired) electrons. The van der Waals surface area contributed by atoms with Gasteiger partial charge in [-0.1, -0.05) is 23.2 Å². The zero-order chi connectivity index (χ0) is 19.7. The van der Waals surface area contributed by atoms with Crippen molar-refractivity contribution < 1.29 is 14.7 Å². The number of aromatic carboxylic acids is 1. The maximum Gasteiger partial charge on any atom is 0.338 e. The van der Waals surface area contributed by atoms with Gasteiger partial charge in [-0.15, -0.1) is 0 Å². The lowest BCUT2D eigenvalue weighted by Gasteiger charge is -2.29. The summed E-state index contributed by atoms with van der Waals surface area (Å²) in [6.45, 7) is 5.80. The van der Waals surface area contributed by atoms with Crippen LogP contribution in [0.4, 0.5) is 0 Å². The lowest BCUT2D eigenvalue weighted by molar-refractivity contribution is 0.0696. The number of halogens is 2. The molecule has 27 heavy (non-hydrogen) atoms. The third kappa shape index (κ3) is 3.93. The lowest BCUT2D eigenvalue weighted by Crippen LogP contribution is -2.46. The quantitative estimate of drug-likeness (QED) is 0.814. The maximum absolute atomic E-state index is 13.3. The van der Waals surface area contributed by atoms with E-state index < -0.39 is 5.97 Å². The number of hydrogen-bond acceptors (Lipinski definition) is 4. The van der Waals surface area contributed by atoms with E-state index >= 15 is 0 Å². The molecule has 0 saturated carbocycles. The molecule has 2 aromatic rings. The molecule has 1 aliphatic heterocycles. The average molecular weight is 408 g/mol. The number of rotatable bonds is 3. The summed E-state index contributed by atoms with van der Waals surface area (Å²) in [6, 6.07) is 4.79. The smallest absolute Gasteiger partial charge is 0.338 e. The summed E-state index contributed by atoms with van der Waals surface area (Å²) in [5.74, 6) is -1.39. The van der Waals surface area contributed by atoms with E-state index in [1.807, 2.05) is 0 Å². The molecule has 0 bridgehead atoms. The Hall–Kier alpha value is -2.15.